The van der Waals surface area contributed by atoms with Crippen molar-refractivity contribution in [3.8, 4) is 0 Å². The fraction of sp³-hybridized carbons (Fsp3) is 0.471. The summed E-state index contributed by atoms with van der Waals surface area (Å²) in [4.78, 5) is 11.5. The molecular weight excluding hydrogens is 264 g/mol. The molecule has 0 saturated carbocycles. The van der Waals surface area contributed by atoms with E-state index in [2.05, 4.69) is 25.2 Å². The van der Waals surface area contributed by atoms with E-state index in [0.717, 1.165) is 11.3 Å². The van der Waals surface area contributed by atoms with Crippen LogP contribution in [0.4, 0.5) is 10.5 Å². The van der Waals surface area contributed by atoms with E-state index in [1.165, 1.54) is 5.56 Å². The first-order chi connectivity index (χ1) is 9.69. The quantitative estimate of drug-likeness (QED) is 0.826. The zero-order valence-corrected chi connectivity index (χ0v) is 13.6. The van der Waals surface area contributed by atoms with Crippen LogP contribution in [0.1, 0.15) is 51.7 Å². The minimum Gasteiger partial charge on any atom is -0.444 e. The van der Waals surface area contributed by atoms with Crippen LogP contribution in [0.3, 0.4) is 0 Å². The van der Waals surface area contributed by atoms with Gasteiger partial charge >= 0.3 is 6.09 Å². The predicted molar refractivity (Wildman–Crippen MR) is 88.2 cm³/mol. The lowest BCUT2D eigenvalue weighted by Crippen LogP contribution is -2.32. The average Bonchev–Trinajstić information content (AvgIpc) is 2.34. The van der Waals surface area contributed by atoms with Crippen LogP contribution in [0.2, 0.25) is 0 Å². The molecule has 0 fully saturated rings. The smallest absolute Gasteiger partial charge is 0.407 e. The second-order valence-electron chi connectivity index (χ2n) is 6.33. The Labute approximate surface area is 127 Å². The van der Waals surface area contributed by atoms with Gasteiger partial charge in [-0.25, -0.2) is 4.79 Å². The molecule has 1 amide bonds. The van der Waals surface area contributed by atoms with Crippen molar-refractivity contribution in [2.75, 3.05) is 12.3 Å². The van der Waals surface area contributed by atoms with Crippen molar-refractivity contribution in [2.24, 2.45) is 0 Å². The van der Waals surface area contributed by atoms with Gasteiger partial charge in [0, 0.05) is 12.2 Å². The normalized spacial score (nSPS) is 11.9. The topological polar surface area (TPSA) is 64.3 Å². The highest BCUT2D eigenvalue weighted by Crippen LogP contribution is 2.21. The van der Waals surface area contributed by atoms with Crippen LogP contribution in [0.15, 0.2) is 24.3 Å². The van der Waals surface area contributed by atoms with E-state index in [1.54, 1.807) is 0 Å². The SMILES string of the molecule is CC(C)c1ccc(N)c(C=CCNC(=O)OC(C)(C)C)c1. The van der Waals surface area contributed by atoms with Crippen LogP contribution in [-0.2, 0) is 4.74 Å². The van der Waals surface area contributed by atoms with Gasteiger partial charge in [-0.2, -0.15) is 0 Å². The van der Waals surface area contributed by atoms with Gasteiger partial charge in [0.1, 0.15) is 5.60 Å². The Morgan fingerprint density at radius 2 is 2.05 bits per heavy atom. The molecule has 0 saturated heterocycles. The summed E-state index contributed by atoms with van der Waals surface area (Å²) >= 11 is 0. The van der Waals surface area contributed by atoms with Gasteiger partial charge in [-0.15, -0.1) is 0 Å². The van der Waals surface area contributed by atoms with Crippen molar-refractivity contribution in [1.82, 2.24) is 5.32 Å². The number of hydrogen-bond donors (Lipinski definition) is 2. The first-order valence-corrected chi connectivity index (χ1v) is 7.22. The summed E-state index contributed by atoms with van der Waals surface area (Å²) in [7, 11) is 0. The summed E-state index contributed by atoms with van der Waals surface area (Å²) < 4.78 is 5.16. The fourth-order valence-corrected chi connectivity index (χ4v) is 1.74. The Morgan fingerprint density at radius 3 is 2.62 bits per heavy atom. The summed E-state index contributed by atoms with van der Waals surface area (Å²) in [6.07, 6.45) is 3.36. The monoisotopic (exact) mass is 290 g/mol. The number of carbonyl (C=O) groups is 1. The van der Waals surface area contributed by atoms with Gasteiger partial charge in [0.05, 0.1) is 0 Å². The zero-order chi connectivity index (χ0) is 16.0. The van der Waals surface area contributed by atoms with Crippen molar-refractivity contribution >= 4 is 17.9 Å². The molecule has 0 aliphatic carbocycles. The van der Waals surface area contributed by atoms with Crippen molar-refractivity contribution in [3.63, 3.8) is 0 Å². The Morgan fingerprint density at radius 1 is 1.38 bits per heavy atom. The molecule has 0 radical (unpaired) electrons. The third-order valence-electron chi connectivity index (χ3n) is 2.84. The predicted octanol–water partition coefficient (Wildman–Crippen LogP) is 3.93. The fourth-order valence-electron chi connectivity index (χ4n) is 1.74. The van der Waals surface area contributed by atoms with Gasteiger partial charge in [0.15, 0.2) is 0 Å². The molecular formula is C17H26N2O2. The lowest BCUT2D eigenvalue weighted by Gasteiger charge is -2.19. The van der Waals surface area contributed by atoms with Crippen molar-refractivity contribution in [3.05, 3.63) is 35.4 Å². The molecule has 0 heterocycles. The third kappa shape index (κ3) is 6.34. The highest BCUT2D eigenvalue weighted by molar-refractivity contribution is 5.69. The van der Waals surface area contributed by atoms with Crippen molar-refractivity contribution < 1.29 is 9.53 Å². The molecule has 21 heavy (non-hydrogen) atoms. The lowest BCUT2D eigenvalue weighted by atomic mass is 9.99. The Kier molecular flexibility index (Phi) is 5.82. The number of nitrogens with two attached hydrogens (primary N) is 1. The number of hydrogen-bond acceptors (Lipinski definition) is 3. The number of nitrogen functional groups attached to an aromatic ring is 1. The first-order valence-electron chi connectivity index (χ1n) is 7.22. The number of anilines is 1. The highest BCUT2D eigenvalue weighted by atomic mass is 16.6. The summed E-state index contributed by atoms with van der Waals surface area (Å²) in [5, 5.41) is 2.68. The second-order valence-corrected chi connectivity index (χ2v) is 6.33. The van der Waals surface area contributed by atoms with Gasteiger partial charge in [0.25, 0.3) is 0 Å². The minimum atomic E-state index is -0.482. The summed E-state index contributed by atoms with van der Waals surface area (Å²) in [5.74, 6) is 0.456. The molecule has 116 valence electrons. The lowest BCUT2D eigenvalue weighted by molar-refractivity contribution is 0.0534. The molecule has 3 N–H and O–H groups in total. The molecule has 1 aromatic rings. The number of nitrogens with one attached hydrogen (secondary N) is 1. The second kappa shape index (κ2) is 7.16. The molecule has 0 aliphatic heterocycles. The molecule has 0 unspecified atom stereocenters. The van der Waals surface area contributed by atoms with E-state index < -0.39 is 11.7 Å². The summed E-state index contributed by atoms with van der Waals surface area (Å²) in [5.41, 5.74) is 8.40. The molecule has 1 rings (SSSR count). The van der Waals surface area contributed by atoms with Crippen LogP contribution in [0, 0.1) is 0 Å². The molecule has 0 aliphatic rings. The Balaban J connectivity index is 2.58. The molecule has 0 aromatic heterocycles. The number of amides is 1. The van der Waals surface area contributed by atoms with Gasteiger partial charge in [-0.05, 0) is 49.9 Å². The maximum atomic E-state index is 11.5. The van der Waals surface area contributed by atoms with Crippen molar-refractivity contribution in [1.29, 1.82) is 0 Å². The number of alkyl carbamates (subject to hydrolysis) is 1. The van der Waals surface area contributed by atoms with Crippen LogP contribution >= 0.6 is 0 Å². The molecule has 4 heteroatoms. The Bertz CT molecular complexity index is 514. The molecule has 0 atom stereocenters. The molecule has 0 bridgehead atoms. The van der Waals surface area contributed by atoms with E-state index in [9.17, 15) is 4.79 Å². The van der Waals surface area contributed by atoms with Crippen LogP contribution in [-0.4, -0.2) is 18.2 Å². The minimum absolute atomic E-state index is 0.403. The van der Waals surface area contributed by atoms with E-state index in [0.29, 0.717) is 12.5 Å². The highest BCUT2D eigenvalue weighted by Gasteiger charge is 2.14. The van der Waals surface area contributed by atoms with Gasteiger partial charge in [-0.1, -0.05) is 32.1 Å². The van der Waals surface area contributed by atoms with E-state index >= 15 is 0 Å². The van der Waals surface area contributed by atoms with E-state index in [4.69, 9.17) is 10.5 Å². The van der Waals surface area contributed by atoms with E-state index in [-0.39, 0.29) is 0 Å². The molecule has 1 aromatic carbocycles. The number of ether oxygens (including phenoxy) is 1. The van der Waals surface area contributed by atoms with Crippen LogP contribution < -0.4 is 11.1 Å². The van der Waals surface area contributed by atoms with Crippen LogP contribution in [0.5, 0.6) is 0 Å². The zero-order valence-electron chi connectivity index (χ0n) is 13.6. The number of rotatable bonds is 4. The summed E-state index contributed by atoms with van der Waals surface area (Å²) in [6, 6.07) is 6.02. The van der Waals surface area contributed by atoms with Gasteiger partial charge in [-0.3, -0.25) is 0 Å². The Hall–Kier alpha value is -1.97. The first kappa shape index (κ1) is 17.1. The third-order valence-corrected chi connectivity index (χ3v) is 2.84. The van der Waals surface area contributed by atoms with Crippen LogP contribution in [0.25, 0.3) is 6.08 Å². The standard InChI is InChI=1S/C17H26N2O2/c1-12(2)13-8-9-15(18)14(11-13)7-6-10-19-16(20)21-17(3,4)5/h6-9,11-12H,10,18H2,1-5H3,(H,19,20). The summed E-state index contributed by atoms with van der Waals surface area (Å²) in [6.45, 7) is 10.2. The van der Waals surface area contributed by atoms with Crippen molar-refractivity contribution in [2.45, 2.75) is 46.1 Å². The maximum absolute atomic E-state index is 11.5. The molecule has 4 nitrogen and oxygen atoms in total. The average molecular weight is 290 g/mol. The van der Waals surface area contributed by atoms with Gasteiger partial charge in [0.2, 0.25) is 0 Å². The van der Waals surface area contributed by atoms with Gasteiger partial charge < -0.3 is 15.8 Å². The molecule has 0 spiro atoms. The maximum Gasteiger partial charge on any atom is 0.407 e. The van der Waals surface area contributed by atoms with E-state index in [1.807, 2.05) is 45.1 Å². The number of benzene rings is 1. The largest absolute Gasteiger partial charge is 0.444 e. The number of carbonyl (C=O) groups excluding carboxylic acids is 1.